The maximum absolute atomic E-state index is 5.72. The molecule has 0 amide bonds. The Morgan fingerprint density at radius 3 is 2.65 bits per heavy atom. The monoisotopic (exact) mass is 271 g/mol. The maximum Gasteiger partial charge on any atom is 0.140 e. The molecule has 1 heterocycles. The Bertz CT molecular complexity index is 526. The van der Waals surface area contributed by atoms with Crippen molar-refractivity contribution in [3.63, 3.8) is 0 Å². The third kappa shape index (κ3) is 4.24. The molecule has 1 aromatic heterocycles. The number of benzene rings is 1. The largest absolute Gasteiger partial charge is 0.487 e. The summed E-state index contributed by atoms with van der Waals surface area (Å²) in [6, 6.07) is 13.9. The Hall–Kier alpha value is -2.07. The summed E-state index contributed by atoms with van der Waals surface area (Å²) in [5.41, 5.74) is 4.72. The second-order valence-corrected chi connectivity index (χ2v) is 4.69. The van der Waals surface area contributed by atoms with Crippen LogP contribution in [-0.4, -0.2) is 4.98 Å². The lowest BCUT2D eigenvalue weighted by Crippen LogP contribution is -2.09. The minimum Gasteiger partial charge on any atom is -0.487 e. The van der Waals surface area contributed by atoms with Crippen molar-refractivity contribution in [1.82, 2.24) is 4.98 Å². The van der Waals surface area contributed by atoms with E-state index in [1.165, 1.54) is 18.4 Å². The van der Waals surface area contributed by atoms with Gasteiger partial charge in [0.1, 0.15) is 18.2 Å². The summed E-state index contributed by atoms with van der Waals surface area (Å²) in [4.78, 5) is 4.30. The summed E-state index contributed by atoms with van der Waals surface area (Å²) in [5.74, 6) is 6.83. The van der Waals surface area contributed by atoms with Gasteiger partial charge in [0, 0.05) is 0 Å². The molecule has 3 N–H and O–H groups in total. The molecule has 0 aliphatic heterocycles. The van der Waals surface area contributed by atoms with Crippen LogP contribution in [0.25, 0.3) is 0 Å². The van der Waals surface area contributed by atoms with E-state index < -0.39 is 0 Å². The van der Waals surface area contributed by atoms with Crippen molar-refractivity contribution in [2.45, 2.75) is 32.8 Å². The molecular formula is C16H21N3O. The number of hydrogen-bond acceptors (Lipinski definition) is 4. The van der Waals surface area contributed by atoms with E-state index in [1.54, 1.807) is 0 Å². The zero-order chi connectivity index (χ0) is 14.2. The first-order chi connectivity index (χ1) is 9.81. The highest BCUT2D eigenvalue weighted by Crippen LogP contribution is 2.15. The van der Waals surface area contributed by atoms with Crippen molar-refractivity contribution < 1.29 is 4.74 Å². The lowest BCUT2D eigenvalue weighted by Gasteiger charge is -2.08. The van der Waals surface area contributed by atoms with Crippen LogP contribution in [0.5, 0.6) is 5.75 Å². The minimum absolute atomic E-state index is 0.434. The minimum atomic E-state index is 0.434. The number of pyridine rings is 1. The van der Waals surface area contributed by atoms with Crippen LogP contribution in [0, 0.1) is 0 Å². The molecule has 0 unspecified atom stereocenters. The maximum atomic E-state index is 5.72. The Morgan fingerprint density at radius 1 is 1.15 bits per heavy atom. The number of hydrazine groups is 1. The van der Waals surface area contributed by atoms with Crippen molar-refractivity contribution in [3.8, 4) is 5.75 Å². The van der Waals surface area contributed by atoms with Gasteiger partial charge in [0.25, 0.3) is 0 Å². The van der Waals surface area contributed by atoms with Crippen LogP contribution in [-0.2, 0) is 13.0 Å². The summed E-state index contributed by atoms with van der Waals surface area (Å²) in [6.07, 6.45) is 3.57. The number of nitrogens with two attached hydrogens (primary N) is 1. The van der Waals surface area contributed by atoms with Gasteiger partial charge >= 0.3 is 0 Å². The second kappa shape index (κ2) is 7.50. The number of hydrogen-bond donors (Lipinski definition) is 2. The lowest BCUT2D eigenvalue weighted by molar-refractivity contribution is 0.301. The van der Waals surface area contributed by atoms with E-state index in [0.717, 1.165) is 17.9 Å². The molecule has 0 saturated heterocycles. The van der Waals surface area contributed by atoms with Gasteiger partial charge in [0.05, 0.1) is 5.69 Å². The zero-order valence-corrected chi connectivity index (χ0v) is 11.8. The summed E-state index contributed by atoms with van der Waals surface area (Å²) < 4.78 is 5.72. The summed E-state index contributed by atoms with van der Waals surface area (Å²) in [5, 5.41) is 0. The number of aromatic nitrogens is 1. The fourth-order valence-electron chi connectivity index (χ4n) is 1.93. The predicted octanol–water partition coefficient (Wildman–Crippen LogP) is 3.29. The molecule has 106 valence electrons. The van der Waals surface area contributed by atoms with Crippen LogP contribution < -0.4 is 16.0 Å². The standard InChI is InChI=1S/C16H21N3O/c1-2-3-5-13-8-10-15(11-9-13)20-12-14-6-4-7-16(18-14)19-17/h4,6-11H,2-3,5,12,17H2,1H3,(H,18,19). The van der Waals surface area contributed by atoms with Crippen LogP contribution >= 0.6 is 0 Å². The number of nitrogens with zero attached hydrogens (tertiary/aromatic N) is 1. The van der Waals surface area contributed by atoms with Crippen LogP contribution in [0.15, 0.2) is 42.5 Å². The van der Waals surface area contributed by atoms with Gasteiger partial charge in [-0.25, -0.2) is 10.8 Å². The summed E-state index contributed by atoms with van der Waals surface area (Å²) >= 11 is 0. The van der Waals surface area contributed by atoms with E-state index in [0.29, 0.717) is 12.4 Å². The number of anilines is 1. The number of aryl methyl sites for hydroxylation is 1. The predicted molar refractivity (Wildman–Crippen MR) is 81.4 cm³/mol. The summed E-state index contributed by atoms with van der Waals surface area (Å²) in [6.45, 7) is 2.64. The molecule has 1 aromatic carbocycles. The highest BCUT2D eigenvalue weighted by Gasteiger charge is 1.99. The fraction of sp³-hybridized carbons (Fsp3) is 0.312. The molecule has 20 heavy (non-hydrogen) atoms. The van der Waals surface area contributed by atoms with Crippen LogP contribution in [0.1, 0.15) is 31.0 Å². The van der Waals surface area contributed by atoms with Crippen molar-refractivity contribution >= 4 is 5.82 Å². The van der Waals surface area contributed by atoms with Crippen LogP contribution in [0.3, 0.4) is 0 Å². The van der Waals surface area contributed by atoms with Gasteiger partial charge in [-0.05, 0) is 42.7 Å². The number of ether oxygens (including phenoxy) is 1. The van der Waals surface area contributed by atoms with Crippen molar-refractivity contribution in [2.24, 2.45) is 5.84 Å². The van der Waals surface area contributed by atoms with E-state index in [9.17, 15) is 0 Å². The van der Waals surface area contributed by atoms with Crippen LogP contribution in [0.4, 0.5) is 5.82 Å². The molecule has 2 rings (SSSR count). The average Bonchev–Trinajstić information content (AvgIpc) is 2.52. The van der Waals surface area contributed by atoms with Gasteiger partial charge in [0.15, 0.2) is 0 Å². The van der Waals surface area contributed by atoms with Gasteiger partial charge in [-0.1, -0.05) is 31.5 Å². The normalized spacial score (nSPS) is 10.3. The Morgan fingerprint density at radius 2 is 1.95 bits per heavy atom. The molecule has 2 aromatic rings. The molecule has 0 radical (unpaired) electrons. The first-order valence-corrected chi connectivity index (χ1v) is 6.96. The molecule has 0 aliphatic rings. The van der Waals surface area contributed by atoms with Crippen molar-refractivity contribution in [1.29, 1.82) is 0 Å². The van der Waals surface area contributed by atoms with E-state index in [2.05, 4.69) is 29.5 Å². The SMILES string of the molecule is CCCCc1ccc(OCc2cccc(NN)n2)cc1. The first-order valence-electron chi connectivity index (χ1n) is 6.96. The highest BCUT2D eigenvalue weighted by molar-refractivity contribution is 5.33. The molecule has 4 nitrogen and oxygen atoms in total. The molecule has 0 bridgehead atoms. The molecular weight excluding hydrogens is 250 g/mol. The van der Waals surface area contributed by atoms with Gasteiger partial charge in [-0.15, -0.1) is 0 Å². The molecule has 0 atom stereocenters. The molecule has 0 saturated carbocycles. The lowest BCUT2D eigenvalue weighted by atomic mass is 10.1. The van der Waals surface area contributed by atoms with Gasteiger partial charge in [-0.3, -0.25) is 0 Å². The van der Waals surface area contributed by atoms with E-state index in [-0.39, 0.29) is 0 Å². The molecule has 0 spiro atoms. The van der Waals surface area contributed by atoms with E-state index in [1.807, 2.05) is 30.3 Å². The molecule has 0 fully saturated rings. The van der Waals surface area contributed by atoms with Crippen molar-refractivity contribution in [3.05, 3.63) is 53.7 Å². The van der Waals surface area contributed by atoms with Crippen LogP contribution in [0.2, 0.25) is 0 Å². The third-order valence-electron chi connectivity index (χ3n) is 3.08. The van der Waals surface area contributed by atoms with Gasteiger partial charge < -0.3 is 10.2 Å². The number of nitrogen functional groups attached to an aromatic ring is 1. The molecule has 0 aliphatic carbocycles. The number of nitrogens with one attached hydrogen (secondary N) is 1. The number of rotatable bonds is 7. The number of unbranched alkanes of at least 4 members (excludes halogenated alkanes) is 1. The third-order valence-corrected chi connectivity index (χ3v) is 3.08. The smallest absolute Gasteiger partial charge is 0.140 e. The Balaban J connectivity index is 1.89. The Kier molecular flexibility index (Phi) is 5.38. The zero-order valence-electron chi connectivity index (χ0n) is 11.8. The fourth-order valence-corrected chi connectivity index (χ4v) is 1.93. The topological polar surface area (TPSA) is 60.2 Å². The molecule has 4 heteroatoms. The average molecular weight is 271 g/mol. The highest BCUT2D eigenvalue weighted by atomic mass is 16.5. The Labute approximate surface area is 120 Å². The van der Waals surface area contributed by atoms with Crippen molar-refractivity contribution in [2.75, 3.05) is 5.43 Å². The van der Waals surface area contributed by atoms with E-state index >= 15 is 0 Å². The van der Waals surface area contributed by atoms with Gasteiger partial charge in [-0.2, -0.15) is 0 Å². The van der Waals surface area contributed by atoms with Gasteiger partial charge in [0.2, 0.25) is 0 Å². The summed E-state index contributed by atoms with van der Waals surface area (Å²) in [7, 11) is 0. The first kappa shape index (κ1) is 14.3. The quantitative estimate of drug-likeness (QED) is 0.599. The van der Waals surface area contributed by atoms with E-state index in [4.69, 9.17) is 10.6 Å². The second-order valence-electron chi connectivity index (χ2n) is 4.69.